The molecule has 2 aromatic heterocycles. The van der Waals surface area contributed by atoms with Gasteiger partial charge in [0.15, 0.2) is 0 Å². The smallest absolute Gasteiger partial charge is 0.260 e. The van der Waals surface area contributed by atoms with Crippen LogP contribution in [0.15, 0.2) is 17.2 Å². The van der Waals surface area contributed by atoms with Crippen molar-refractivity contribution in [3.8, 4) is 0 Å². The van der Waals surface area contributed by atoms with E-state index in [1.165, 1.54) is 4.57 Å². The Morgan fingerprint density at radius 2 is 2.19 bits per heavy atom. The van der Waals surface area contributed by atoms with Crippen LogP contribution in [-0.4, -0.2) is 22.5 Å². The summed E-state index contributed by atoms with van der Waals surface area (Å²) in [6, 6.07) is 0. The Bertz CT molecular complexity index is 622. The minimum absolute atomic E-state index is 0.166. The zero-order valence-corrected chi connectivity index (χ0v) is 9.42. The lowest BCUT2D eigenvalue weighted by Crippen LogP contribution is -2.22. The largest absolute Gasteiger partial charge is 0.360 e. The van der Waals surface area contributed by atoms with Gasteiger partial charge in [0.25, 0.3) is 11.5 Å². The quantitative estimate of drug-likeness (QED) is 0.735. The van der Waals surface area contributed by atoms with Crippen LogP contribution in [0.5, 0.6) is 0 Å². The third-order valence-corrected chi connectivity index (χ3v) is 2.67. The van der Waals surface area contributed by atoms with Crippen molar-refractivity contribution < 1.29 is 4.79 Å². The minimum atomic E-state index is -0.256. The van der Waals surface area contributed by atoms with Gasteiger partial charge in [0.1, 0.15) is 0 Å². The molecule has 0 aliphatic heterocycles. The average molecular weight is 219 g/mol. The van der Waals surface area contributed by atoms with E-state index in [9.17, 15) is 9.59 Å². The molecule has 1 amide bonds. The lowest BCUT2D eigenvalue weighted by molar-refractivity contribution is 0.0964. The monoisotopic (exact) mass is 219 g/mol. The molecule has 2 rings (SSSR count). The Kier molecular flexibility index (Phi) is 2.30. The summed E-state index contributed by atoms with van der Waals surface area (Å²) in [5, 5.41) is 2.96. The van der Waals surface area contributed by atoms with Gasteiger partial charge in [-0.3, -0.25) is 9.59 Å². The van der Waals surface area contributed by atoms with Crippen molar-refractivity contribution in [1.29, 1.82) is 0 Å². The number of aryl methyl sites for hydroxylation is 2. The lowest BCUT2D eigenvalue weighted by atomic mass is 10.1. The molecule has 0 aliphatic rings. The van der Waals surface area contributed by atoms with E-state index < -0.39 is 0 Å². The summed E-state index contributed by atoms with van der Waals surface area (Å²) in [4.78, 5) is 26.5. The van der Waals surface area contributed by atoms with Crippen molar-refractivity contribution in [2.24, 2.45) is 7.05 Å². The van der Waals surface area contributed by atoms with Crippen LogP contribution in [-0.2, 0) is 7.05 Å². The highest BCUT2D eigenvalue weighted by atomic mass is 16.2. The van der Waals surface area contributed by atoms with E-state index in [4.69, 9.17) is 0 Å². The van der Waals surface area contributed by atoms with Crippen molar-refractivity contribution in [2.75, 3.05) is 7.05 Å². The Morgan fingerprint density at radius 1 is 1.50 bits per heavy atom. The van der Waals surface area contributed by atoms with Crippen LogP contribution < -0.4 is 10.9 Å². The summed E-state index contributed by atoms with van der Waals surface area (Å²) in [7, 11) is 3.22. The molecule has 5 nitrogen and oxygen atoms in total. The number of aromatic nitrogens is 2. The van der Waals surface area contributed by atoms with Gasteiger partial charge in [0.2, 0.25) is 0 Å². The molecule has 2 N–H and O–H groups in total. The maximum absolute atomic E-state index is 11.9. The van der Waals surface area contributed by atoms with Crippen LogP contribution in [0.4, 0.5) is 0 Å². The van der Waals surface area contributed by atoms with Crippen LogP contribution in [0, 0.1) is 6.92 Å². The molecule has 0 bridgehead atoms. The highest BCUT2D eigenvalue weighted by Gasteiger charge is 2.15. The number of rotatable bonds is 1. The summed E-state index contributed by atoms with van der Waals surface area (Å²) in [6.07, 6.45) is 3.31. The molecule has 0 saturated carbocycles. The predicted molar refractivity (Wildman–Crippen MR) is 61.7 cm³/mol. The molecule has 5 heteroatoms. The van der Waals surface area contributed by atoms with Gasteiger partial charge in [-0.25, -0.2) is 0 Å². The van der Waals surface area contributed by atoms with E-state index in [0.29, 0.717) is 10.9 Å². The standard InChI is InChI=1S/C11H13N3O2/c1-6-5-14(3)11(16)8-7(10(15)12-2)4-13-9(6)8/h4-5,13H,1-3H3,(H,12,15). The molecule has 0 aromatic carbocycles. The van der Waals surface area contributed by atoms with Crippen LogP contribution in [0.3, 0.4) is 0 Å². The highest BCUT2D eigenvalue weighted by Crippen LogP contribution is 2.17. The molecule has 16 heavy (non-hydrogen) atoms. The van der Waals surface area contributed by atoms with E-state index in [0.717, 1.165) is 11.1 Å². The second-order valence-corrected chi connectivity index (χ2v) is 3.76. The van der Waals surface area contributed by atoms with E-state index in [2.05, 4.69) is 10.3 Å². The molecular formula is C11H13N3O2. The minimum Gasteiger partial charge on any atom is -0.360 e. The molecule has 0 saturated heterocycles. The van der Waals surface area contributed by atoms with E-state index in [1.807, 2.05) is 6.92 Å². The second kappa shape index (κ2) is 3.52. The van der Waals surface area contributed by atoms with Crippen molar-refractivity contribution >= 4 is 16.8 Å². The summed E-state index contributed by atoms with van der Waals surface area (Å²) in [6.45, 7) is 1.89. The average Bonchev–Trinajstić information content (AvgIpc) is 2.70. The molecule has 0 unspecified atom stereocenters. The first-order valence-corrected chi connectivity index (χ1v) is 4.95. The zero-order chi connectivity index (χ0) is 11.9. The summed E-state index contributed by atoms with van der Waals surface area (Å²) >= 11 is 0. The fourth-order valence-corrected chi connectivity index (χ4v) is 1.86. The van der Waals surface area contributed by atoms with Crippen molar-refractivity contribution in [2.45, 2.75) is 6.92 Å². The van der Waals surface area contributed by atoms with Gasteiger partial charge >= 0.3 is 0 Å². The maximum Gasteiger partial charge on any atom is 0.260 e. The van der Waals surface area contributed by atoms with E-state index in [-0.39, 0.29) is 11.5 Å². The van der Waals surface area contributed by atoms with Gasteiger partial charge in [-0.2, -0.15) is 0 Å². The third kappa shape index (κ3) is 1.32. The third-order valence-electron chi connectivity index (χ3n) is 2.67. The Labute approximate surface area is 92.1 Å². The van der Waals surface area contributed by atoms with Crippen LogP contribution in [0.25, 0.3) is 10.9 Å². The molecule has 2 aromatic rings. The molecule has 0 radical (unpaired) electrons. The van der Waals surface area contributed by atoms with Crippen molar-refractivity contribution in [3.05, 3.63) is 33.9 Å². The number of hydrogen-bond donors (Lipinski definition) is 2. The van der Waals surface area contributed by atoms with Gasteiger partial charge in [0, 0.05) is 26.5 Å². The summed E-state index contributed by atoms with van der Waals surface area (Å²) < 4.78 is 1.48. The summed E-state index contributed by atoms with van der Waals surface area (Å²) in [5.74, 6) is -0.256. The van der Waals surface area contributed by atoms with E-state index in [1.54, 1.807) is 26.5 Å². The Balaban J connectivity index is 2.90. The Hall–Kier alpha value is -2.04. The number of fused-ring (bicyclic) bond motifs is 1. The lowest BCUT2D eigenvalue weighted by Gasteiger charge is -2.02. The zero-order valence-electron chi connectivity index (χ0n) is 9.42. The summed E-state index contributed by atoms with van der Waals surface area (Å²) in [5.41, 5.74) is 1.89. The fraction of sp³-hybridized carbons (Fsp3) is 0.273. The topological polar surface area (TPSA) is 66.9 Å². The van der Waals surface area contributed by atoms with Crippen LogP contribution in [0.1, 0.15) is 15.9 Å². The number of nitrogens with one attached hydrogen (secondary N) is 2. The first-order valence-electron chi connectivity index (χ1n) is 4.95. The molecule has 84 valence electrons. The Morgan fingerprint density at radius 3 is 2.81 bits per heavy atom. The van der Waals surface area contributed by atoms with Gasteiger partial charge in [0.05, 0.1) is 16.5 Å². The fourth-order valence-electron chi connectivity index (χ4n) is 1.86. The molecule has 0 aliphatic carbocycles. The normalized spacial score (nSPS) is 10.7. The highest BCUT2D eigenvalue weighted by molar-refractivity contribution is 6.06. The molecule has 0 spiro atoms. The maximum atomic E-state index is 11.9. The van der Waals surface area contributed by atoms with Crippen molar-refractivity contribution in [1.82, 2.24) is 14.9 Å². The number of hydrogen-bond acceptors (Lipinski definition) is 2. The van der Waals surface area contributed by atoms with Gasteiger partial charge in [-0.15, -0.1) is 0 Å². The van der Waals surface area contributed by atoms with Gasteiger partial charge < -0.3 is 14.9 Å². The number of pyridine rings is 1. The number of carbonyl (C=O) groups excluding carboxylic acids is 1. The molecule has 0 atom stereocenters. The SMILES string of the molecule is CNC(=O)c1c[nH]c2c(C)cn(C)c(=O)c12. The number of carbonyl (C=O) groups is 1. The predicted octanol–water partition coefficient (Wildman–Crippen LogP) is 0.535. The van der Waals surface area contributed by atoms with Crippen LogP contribution in [0.2, 0.25) is 0 Å². The first-order chi connectivity index (χ1) is 7.56. The first kappa shape index (κ1) is 10.5. The number of aromatic amines is 1. The molecule has 0 fully saturated rings. The van der Waals surface area contributed by atoms with Gasteiger partial charge in [-0.1, -0.05) is 0 Å². The second-order valence-electron chi connectivity index (χ2n) is 3.76. The molecular weight excluding hydrogens is 206 g/mol. The van der Waals surface area contributed by atoms with Gasteiger partial charge in [-0.05, 0) is 12.5 Å². The van der Waals surface area contributed by atoms with Crippen LogP contribution >= 0.6 is 0 Å². The van der Waals surface area contributed by atoms with E-state index >= 15 is 0 Å². The number of amides is 1. The number of nitrogens with zero attached hydrogens (tertiary/aromatic N) is 1. The number of H-pyrrole nitrogens is 1. The van der Waals surface area contributed by atoms with Crippen molar-refractivity contribution in [3.63, 3.8) is 0 Å². The molecule has 2 heterocycles.